The maximum Gasteiger partial charge on any atom is 0.249 e. The molecule has 168 valence electrons. The number of nitrogens with one attached hydrogen (secondary N) is 1. The number of primary amides is 2. The molecule has 6 N–H and O–H groups in total. The van der Waals surface area contributed by atoms with Crippen molar-refractivity contribution in [3.8, 4) is 0 Å². The first-order valence-corrected chi connectivity index (χ1v) is 11.7. The van der Waals surface area contributed by atoms with Gasteiger partial charge in [-0.15, -0.1) is 0 Å². The largest absolute Gasteiger partial charge is 0.387 e. The molecule has 2 rings (SSSR count). The van der Waals surface area contributed by atoms with Crippen LogP contribution in [0.15, 0.2) is 47.4 Å². The number of rotatable bonds is 12. The fourth-order valence-corrected chi connectivity index (χ4v) is 4.56. The monoisotopic (exact) mass is 447 g/mol. The number of amides is 2. The summed E-state index contributed by atoms with van der Waals surface area (Å²) < 4.78 is 24.4. The van der Waals surface area contributed by atoms with Crippen molar-refractivity contribution in [3.63, 3.8) is 0 Å². The van der Waals surface area contributed by atoms with Crippen molar-refractivity contribution in [2.24, 2.45) is 11.5 Å². The van der Waals surface area contributed by atoms with Gasteiger partial charge in [0.1, 0.15) is 0 Å². The maximum absolute atomic E-state index is 12.2. The Hall–Kier alpha value is -2.75. The molecule has 2 aromatic carbocycles. The van der Waals surface area contributed by atoms with Gasteiger partial charge in [-0.25, -0.2) is 8.42 Å². The fraction of sp³-hybridized carbons (Fsp3) is 0.364. The number of hydrogen-bond donors (Lipinski definition) is 4. The lowest BCUT2D eigenvalue weighted by atomic mass is 10.0. The Morgan fingerprint density at radius 3 is 2.26 bits per heavy atom. The van der Waals surface area contributed by atoms with E-state index in [-0.39, 0.29) is 28.3 Å². The maximum atomic E-state index is 12.2. The van der Waals surface area contributed by atoms with E-state index in [1.807, 2.05) is 6.92 Å². The number of benzene rings is 2. The summed E-state index contributed by atoms with van der Waals surface area (Å²) in [6, 6.07) is 11.0. The van der Waals surface area contributed by atoms with E-state index in [1.165, 1.54) is 24.3 Å². The molecule has 9 heteroatoms. The summed E-state index contributed by atoms with van der Waals surface area (Å²) in [4.78, 5) is 23.2. The third-order valence-electron chi connectivity index (χ3n) is 4.93. The number of aliphatic hydroxyl groups is 1. The van der Waals surface area contributed by atoms with E-state index in [1.54, 1.807) is 18.2 Å². The number of carbonyl (C=O) groups is 2. The molecular weight excluding hydrogens is 418 g/mol. The molecule has 0 saturated heterocycles. The van der Waals surface area contributed by atoms with Crippen molar-refractivity contribution in [3.05, 3.63) is 64.7 Å². The van der Waals surface area contributed by atoms with Crippen LogP contribution in [0.4, 0.5) is 0 Å². The lowest BCUT2D eigenvalue weighted by molar-refractivity contribution is 0.0967. The molecule has 8 nitrogen and oxygen atoms in total. The predicted molar refractivity (Wildman–Crippen MR) is 118 cm³/mol. The molecule has 0 heterocycles. The Labute approximate surface area is 182 Å². The SMILES string of the molecule is CCCCS(=O)(=O)c1ccc(C(O)CNCCc2ccc(C(N)=O)c(C(N)=O)c2)cc1. The summed E-state index contributed by atoms with van der Waals surface area (Å²) >= 11 is 0. The van der Waals surface area contributed by atoms with Gasteiger partial charge in [-0.3, -0.25) is 9.59 Å². The van der Waals surface area contributed by atoms with Gasteiger partial charge in [0.05, 0.1) is 27.9 Å². The lowest BCUT2D eigenvalue weighted by Crippen LogP contribution is -2.24. The average Bonchev–Trinajstić information content (AvgIpc) is 2.75. The van der Waals surface area contributed by atoms with Crippen LogP contribution < -0.4 is 16.8 Å². The zero-order chi connectivity index (χ0) is 23.0. The number of aliphatic hydroxyl groups excluding tert-OH is 1. The van der Waals surface area contributed by atoms with Gasteiger partial charge in [-0.05, 0) is 54.8 Å². The molecule has 1 unspecified atom stereocenters. The van der Waals surface area contributed by atoms with Crippen LogP contribution in [0.2, 0.25) is 0 Å². The molecule has 0 fully saturated rings. The number of hydrogen-bond acceptors (Lipinski definition) is 6. The Balaban J connectivity index is 1.90. The zero-order valence-electron chi connectivity index (χ0n) is 17.5. The van der Waals surface area contributed by atoms with Crippen LogP contribution in [0.25, 0.3) is 0 Å². The van der Waals surface area contributed by atoms with Gasteiger partial charge in [0.25, 0.3) is 0 Å². The van der Waals surface area contributed by atoms with Crippen molar-refractivity contribution < 1.29 is 23.1 Å². The third kappa shape index (κ3) is 6.88. The summed E-state index contributed by atoms with van der Waals surface area (Å²) in [5.74, 6) is -1.32. The van der Waals surface area contributed by atoms with E-state index in [2.05, 4.69) is 5.32 Å². The molecule has 1 atom stereocenters. The van der Waals surface area contributed by atoms with Crippen LogP contribution in [0.1, 0.15) is 57.7 Å². The van der Waals surface area contributed by atoms with Gasteiger partial charge in [-0.2, -0.15) is 0 Å². The van der Waals surface area contributed by atoms with Crippen molar-refractivity contribution in [1.29, 1.82) is 0 Å². The quantitative estimate of drug-likeness (QED) is 0.360. The Kier molecular flexibility index (Phi) is 8.73. The van der Waals surface area contributed by atoms with Crippen molar-refractivity contribution in [1.82, 2.24) is 5.32 Å². The lowest BCUT2D eigenvalue weighted by Gasteiger charge is -2.13. The molecule has 31 heavy (non-hydrogen) atoms. The molecule has 0 aliphatic heterocycles. The molecule has 0 spiro atoms. The summed E-state index contributed by atoms with van der Waals surface area (Å²) in [5.41, 5.74) is 12.1. The van der Waals surface area contributed by atoms with Crippen molar-refractivity contribution >= 4 is 21.7 Å². The van der Waals surface area contributed by atoms with Gasteiger partial charge >= 0.3 is 0 Å². The van der Waals surface area contributed by atoms with Gasteiger partial charge in [0.15, 0.2) is 9.84 Å². The normalized spacial score (nSPS) is 12.5. The van der Waals surface area contributed by atoms with Crippen LogP contribution in [-0.4, -0.2) is 44.2 Å². The minimum Gasteiger partial charge on any atom is -0.387 e. The first kappa shape index (κ1) is 24.5. The van der Waals surface area contributed by atoms with Crippen molar-refractivity contribution in [2.75, 3.05) is 18.8 Å². The van der Waals surface area contributed by atoms with Gasteiger partial charge in [0, 0.05) is 6.54 Å². The molecule has 0 aliphatic rings. The molecule has 0 bridgehead atoms. The van der Waals surface area contributed by atoms with E-state index in [4.69, 9.17) is 11.5 Å². The molecule has 0 radical (unpaired) electrons. The highest BCUT2D eigenvalue weighted by Gasteiger charge is 2.15. The summed E-state index contributed by atoms with van der Waals surface area (Å²) in [6.07, 6.45) is 1.16. The van der Waals surface area contributed by atoms with E-state index >= 15 is 0 Å². The van der Waals surface area contributed by atoms with E-state index in [0.717, 1.165) is 12.0 Å². The first-order valence-electron chi connectivity index (χ1n) is 10.1. The van der Waals surface area contributed by atoms with E-state index in [9.17, 15) is 23.1 Å². The summed E-state index contributed by atoms with van der Waals surface area (Å²) in [5, 5.41) is 13.5. The Bertz CT molecular complexity index is 1020. The molecule has 0 aliphatic carbocycles. The van der Waals surface area contributed by atoms with Crippen LogP contribution in [0.5, 0.6) is 0 Å². The van der Waals surface area contributed by atoms with Gasteiger partial charge in [-0.1, -0.05) is 31.5 Å². The molecule has 0 aromatic heterocycles. The van der Waals surface area contributed by atoms with E-state index < -0.39 is 27.8 Å². The molecule has 2 aromatic rings. The Morgan fingerprint density at radius 1 is 1.03 bits per heavy atom. The minimum atomic E-state index is -3.29. The zero-order valence-corrected chi connectivity index (χ0v) is 18.3. The summed E-state index contributed by atoms with van der Waals surface area (Å²) in [7, 11) is -3.29. The Morgan fingerprint density at radius 2 is 1.68 bits per heavy atom. The molecule has 0 saturated carbocycles. The topological polar surface area (TPSA) is 153 Å². The van der Waals surface area contributed by atoms with Crippen LogP contribution in [0.3, 0.4) is 0 Å². The van der Waals surface area contributed by atoms with Crippen LogP contribution in [-0.2, 0) is 16.3 Å². The second-order valence-electron chi connectivity index (χ2n) is 7.32. The highest BCUT2D eigenvalue weighted by molar-refractivity contribution is 7.91. The molecular formula is C22H29N3O5S. The first-order chi connectivity index (χ1) is 14.7. The fourth-order valence-electron chi connectivity index (χ4n) is 3.10. The number of nitrogens with two attached hydrogens (primary N) is 2. The van der Waals surface area contributed by atoms with Gasteiger partial charge in [0.2, 0.25) is 11.8 Å². The second kappa shape index (κ2) is 11.0. The standard InChI is InChI=1S/C22H29N3O5S/c1-2-3-12-31(29,30)17-7-5-16(6-8-17)20(26)14-25-11-10-15-4-9-18(21(23)27)19(13-15)22(24)28/h4-9,13,20,25-26H,2-3,10-12,14H2,1H3,(H2,23,27)(H2,24,28). The number of sulfone groups is 1. The van der Waals surface area contributed by atoms with Crippen molar-refractivity contribution in [2.45, 2.75) is 37.2 Å². The highest BCUT2D eigenvalue weighted by atomic mass is 32.2. The second-order valence-corrected chi connectivity index (χ2v) is 9.43. The smallest absolute Gasteiger partial charge is 0.249 e. The minimum absolute atomic E-state index is 0.0824. The average molecular weight is 448 g/mol. The van der Waals surface area contributed by atoms with E-state index in [0.29, 0.717) is 24.9 Å². The van der Waals surface area contributed by atoms with Crippen LogP contribution >= 0.6 is 0 Å². The van der Waals surface area contributed by atoms with Crippen LogP contribution in [0, 0.1) is 0 Å². The molecule has 2 amide bonds. The highest BCUT2D eigenvalue weighted by Crippen LogP contribution is 2.18. The predicted octanol–water partition coefficient (Wildman–Crippen LogP) is 1.32. The van der Waals surface area contributed by atoms with Gasteiger partial charge < -0.3 is 21.9 Å². The number of carbonyl (C=O) groups excluding carboxylic acids is 2. The number of unbranched alkanes of at least 4 members (excludes halogenated alkanes) is 1. The third-order valence-corrected chi connectivity index (χ3v) is 6.75. The summed E-state index contributed by atoms with van der Waals surface area (Å²) in [6.45, 7) is 2.72.